The molecule has 0 spiro atoms. The SMILES string of the molecule is O=C(CC1CC2CCC(C1)N2)NCC(O)c1c(Cl)cccc1Cl. The van der Waals surface area contributed by atoms with Crippen LogP contribution in [0.25, 0.3) is 0 Å². The van der Waals surface area contributed by atoms with Gasteiger partial charge in [-0.1, -0.05) is 29.3 Å². The second-order valence-electron chi connectivity index (χ2n) is 6.63. The molecule has 3 N–H and O–H groups in total. The van der Waals surface area contributed by atoms with Gasteiger partial charge in [-0.3, -0.25) is 4.79 Å². The summed E-state index contributed by atoms with van der Waals surface area (Å²) in [5, 5.41) is 17.4. The van der Waals surface area contributed by atoms with Crippen LogP contribution in [0.1, 0.15) is 43.8 Å². The monoisotopic (exact) mass is 356 g/mol. The fourth-order valence-electron chi connectivity index (χ4n) is 3.82. The lowest BCUT2D eigenvalue weighted by Crippen LogP contribution is -2.40. The number of carbonyl (C=O) groups is 1. The summed E-state index contributed by atoms with van der Waals surface area (Å²) >= 11 is 12.1. The molecular formula is C17H22Cl2N2O2. The van der Waals surface area contributed by atoms with Crippen molar-refractivity contribution in [2.24, 2.45) is 5.92 Å². The van der Waals surface area contributed by atoms with Crippen LogP contribution in [0.15, 0.2) is 18.2 Å². The molecule has 0 aliphatic carbocycles. The molecule has 2 saturated heterocycles. The van der Waals surface area contributed by atoms with Crippen molar-refractivity contribution in [3.63, 3.8) is 0 Å². The van der Waals surface area contributed by atoms with E-state index in [-0.39, 0.29) is 12.5 Å². The van der Waals surface area contributed by atoms with E-state index in [1.807, 2.05) is 0 Å². The molecule has 2 aliphatic rings. The molecule has 2 heterocycles. The van der Waals surface area contributed by atoms with Crippen LogP contribution in [-0.4, -0.2) is 29.6 Å². The first-order valence-electron chi connectivity index (χ1n) is 8.17. The van der Waals surface area contributed by atoms with Crippen LogP contribution in [-0.2, 0) is 4.79 Å². The summed E-state index contributed by atoms with van der Waals surface area (Å²) < 4.78 is 0. The van der Waals surface area contributed by atoms with Gasteiger partial charge in [0, 0.05) is 40.7 Å². The Morgan fingerprint density at radius 1 is 1.26 bits per heavy atom. The van der Waals surface area contributed by atoms with Gasteiger partial charge >= 0.3 is 0 Å². The first kappa shape index (κ1) is 17.0. The zero-order valence-electron chi connectivity index (χ0n) is 12.9. The molecule has 2 aliphatic heterocycles. The first-order chi connectivity index (χ1) is 11.0. The van der Waals surface area contributed by atoms with Gasteiger partial charge in [0.1, 0.15) is 0 Å². The second-order valence-corrected chi connectivity index (χ2v) is 7.45. The van der Waals surface area contributed by atoms with Crippen LogP contribution in [0.2, 0.25) is 10.0 Å². The van der Waals surface area contributed by atoms with E-state index >= 15 is 0 Å². The predicted octanol–water partition coefficient (Wildman–Crippen LogP) is 3.06. The zero-order valence-corrected chi connectivity index (χ0v) is 14.4. The minimum Gasteiger partial charge on any atom is -0.386 e. The van der Waals surface area contributed by atoms with Crippen LogP contribution in [0, 0.1) is 5.92 Å². The summed E-state index contributed by atoms with van der Waals surface area (Å²) in [6.07, 6.45) is 4.23. The van der Waals surface area contributed by atoms with Gasteiger partial charge in [0.25, 0.3) is 0 Å². The zero-order chi connectivity index (χ0) is 16.4. The Hall–Kier alpha value is -0.810. The van der Waals surface area contributed by atoms with E-state index in [1.54, 1.807) is 18.2 Å². The van der Waals surface area contributed by atoms with Gasteiger partial charge in [-0.15, -0.1) is 0 Å². The third-order valence-electron chi connectivity index (χ3n) is 4.87. The second kappa shape index (κ2) is 7.39. The molecule has 0 saturated carbocycles. The van der Waals surface area contributed by atoms with E-state index in [1.165, 1.54) is 12.8 Å². The summed E-state index contributed by atoms with van der Waals surface area (Å²) in [6.45, 7) is 0.125. The minimum absolute atomic E-state index is 0.0153. The van der Waals surface area contributed by atoms with E-state index < -0.39 is 6.10 Å². The number of nitrogens with one attached hydrogen (secondary N) is 2. The van der Waals surface area contributed by atoms with Crippen LogP contribution < -0.4 is 10.6 Å². The molecule has 1 amide bonds. The number of piperidine rings is 1. The number of rotatable bonds is 5. The quantitative estimate of drug-likeness (QED) is 0.759. The maximum atomic E-state index is 12.1. The number of benzene rings is 1. The summed E-state index contributed by atoms with van der Waals surface area (Å²) in [5.41, 5.74) is 0.469. The number of aliphatic hydroxyl groups excluding tert-OH is 1. The van der Waals surface area contributed by atoms with Gasteiger partial charge in [-0.2, -0.15) is 0 Å². The fraction of sp³-hybridized carbons (Fsp3) is 0.588. The Bertz CT molecular complexity index is 549. The van der Waals surface area contributed by atoms with Crippen molar-refractivity contribution in [3.05, 3.63) is 33.8 Å². The topological polar surface area (TPSA) is 61.4 Å². The molecule has 1 aromatic carbocycles. The van der Waals surface area contributed by atoms with E-state index in [4.69, 9.17) is 23.2 Å². The molecular weight excluding hydrogens is 335 g/mol. The first-order valence-corrected chi connectivity index (χ1v) is 8.93. The summed E-state index contributed by atoms with van der Waals surface area (Å²) in [4.78, 5) is 12.1. The Balaban J connectivity index is 1.49. The van der Waals surface area contributed by atoms with Gasteiger partial charge in [-0.25, -0.2) is 0 Å². The largest absolute Gasteiger partial charge is 0.386 e. The molecule has 126 valence electrons. The molecule has 2 fully saturated rings. The highest BCUT2D eigenvalue weighted by Gasteiger charge is 2.34. The molecule has 4 nitrogen and oxygen atoms in total. The van der Waals surface area contributed by atoms with E-state index in [0.29, 0.717) is 40.0 Å². The van der Waals surface area contributed by atoms with Gasteiger partial charge in [0.05, 0.1) is 6.10 Å². The van der Waals surface area contributed by atoms with Crippen molar-refractivity contribution in [2.75, 3.05) is 6.54 Å². The van der Waals surface area contributed by atoms with Crippen molar-refractivity contribution in [1.29, 1.82) is 0 Å². The Morgan fingerprint density at radius 2 is 1.87 bits per heavy atom. The third kappa shape index (κ3) is 4.18. The average Bonchev–Trinajstić information content (AvgIpc) is 2.84. The Labute approximate surface area is 146 Å². The normalized spacial score (nSPS) is 27.7. The number of amides is 1. The van der Waals surface area contributed by atoms with Crippen molar-refractivity contribution in [2.45, 2.75) is 50.3 Å². The molecule has 23 heavy (non-hydrogen) atoms. The molecule has 3 atom stereocenters. The van der Waals surface area contributed by atoms with Crippen LogP contribution in [0.5, 0.6) is 0 Å². The lowest BCUT2D eigenvalue weighted by Gasteiger charge is -2.28. The average molecular weight is 357 g/mol. The van der Waals surface area contributed by atoms with Gasteiger partial charge in [0.2, 0.25) is 5.91 Å². The number of hydrogen-bond acceptors (Lipinski definition) is 3. The van der Waals surface area contributed by atoms with Crippen LogP contribution in [0.4, 0.5) is 0 Å². The highest BCUT2D eigenvalue weighted by molar-refractivity contribution is 6.36. The number of aliphatic hydroxyl groups is 1. The summed E-state index contributed by atoms with van der Waals surface area (Å²) in [5.74, 6) is 0.424. The summed E-state index contributed by atoms with van der Waals surface area (Å²) in [6, 6.07) is 6.25. The van der Waals surface area contributed by atoms with Crippen molar-refractivity contribution in [3.8, 4) is 0 Å². The molecule has 2 bridgehead atoms. The fourth-order valence-corrected chi connectivity index (χ4v) is 4.47. The highest BCUT2D eigenvalue weighted by Crippen LogP contribution is 2.33. The smallest absolute Gasteiger partial charge is 0.220 e. The van der Waals surface area contributed by atoms with Gasteiger partial charge in [0.15, 0.2) is 0 Å². The third-order valence-corrected chi connectivity index (χ3v) is 5.53. The van der Waals surface area contributed by atoms with Crippen LogP contribution >= 0.6 is 23.2 Å². The van der Waals surface area contributed by atoms with Gasteiger partial charge < -0.3 is 15.7 Å². The predicted molar refractivity (Wildman–Crippen MR) is 91.7 cm³/mol. The number of hydrogen-bond donors (Lipinski definition) is 3. The Kier molecular flexibility index (Phi) is 5.47. The minimum atomic E-state index is -0.899. The van der Waals surface area contributed by atoms with Gasteiger partial charge in [-0.05, 0) is 43.7 Å². The number of fused-ring (bicyclic) bond motifs is 2. The standard InChI is InChI=1S/C17H22Cl2N2O2/c18-13-2-1-3-14(19)17(13)15(22)9-20-16(23)8-10-6-11-4-5-12(7-10)21-11/h1-3,10-12,15,21-22H,4-9H2,(H,20,23). The molecule has 0 aromatic heterocycles. The van der Waals surface area contributed by atoms with Crippen molar-refractivity contribution < 1.29 is 9.90 Å². The maximum absolute atomic E-state index is 12.1. The van der Waals surface area contributed by atoms with E-state index in [0.717, 1.165) is 12.8 Å². The van der Waals surface area contributed by atoms with E-state index in [9.17, 15) is 9.90 Å². The van der Waals surface area contributed by atoms with Crippen molar-refractivity contribution >= 4 is 29.1 Å². The van der Waals surface area contributed by atoms with Crippen LogP contribution in [0.3, 0.4) is 0 Å². The molecule has 0 radical (unpaired) electrons. The van der Waals surface area contributed by atoms with E-state index in [2.05, 4.69) is 10.6 Å². The highest BCUT2D eigenvalue weighted by atomic mass is 35.5. The van der Waals surface area contributed by atoms with Crippen molar-refractivity contribution in [1.82, 2.24) is 10.6 Å². The molecule has 6 heteroatoms. The summed E-state index contributed by atoms with van der Waals surface area (Å²) in [7, 11) is 0. The molecule has 3 rings (SSSR count). The lowest BCUT2D eigenvalue weighted by molar-refractivity contribution is -0.122. The number of carbonyl (C=O) groups excluding carboxylic acids is 1. The molecule has 1 aromatic rings. The lowest BCUT2D eigenvalue weighted by atomic mass is 9.89. The maximum Gasteiger partial charge on any atom is 0.220 e. The Morgan fingerprint density at radius 3 is 2.48 bits per heavy atom. The number of halogens is 2. The molecule has 3 unspecified atom stereocenters.